The molecular weight excluding hydrogens is 297 g/mol. The molecule has 8 heteroatoms. The Morgan fingerprint density at radius 3 is 2.55 bits per heavy atom. The van der Waals surface area contributed by atoms with Crippen molar-refractivity contribution < 1.29 is 18.0 Å². The van der Waals surface area contributed by atoms with Crippen molar-refractivity contribution in [1.82, 2.24) is 4.98 Å². The molecule has 0 saturated carbocycles. The van der Waals surface area contributed by atoms with Gasteiger partial charge in [0, 0.05) is 17.4 Å². The predicted molar refractivity (Wildman–Crippen MR) is 73.2 cm³/mol. The lowest BCUT2D eigenvalue weighted by Crippen LogP contribution is -2.46. The summed E-state index contributed by atoms with van der Waals surface area (Å²) in [5.74, 6) is -0.264. The number of carbonyl (C=O) groups excluding carboxylic acids is 1. The van der Waals surface area contributed by atoms with Gasteiger partial charge >= 0.3 is 6.18 Å². The molecule has 5 nitrogen and oxygen atoms in total. The minimum atomic E-state index is -4.57. The van der Waals surface area contributed by atoms with E-state index in [2.05, 4.69) is 20.9 Å². The summed E-state index contributed by atoms with van der Waals surface area (Å²) in [6.45, 7) is 0. The molecule has 22 heavy (non-hydrogen) atoms. The molecule has 0 fully saturated rings. The van der Waals surface area contributed by atoms with Crippen molar-refractivity contribution in [1.29, 1.82) is 0 Å². The third-order valence-electron chi connectivity index (χ3n) is 3.77. The molecule has 1 atom stereocenters. The Balaban J connectivity index is 1.95. The number of carbonyl (C=O) groups is 1. The van der Waals surface area contributed by atoms with Crippen LogP contribution in [0.1, 0.15) is 11.1 Å². The van der Waals surface area contributed by atoms with E-state index in [1.807, 2.05) is 0 Å². The first kappa shape index (κ1) is 12.9. The second-order valence-corrected chi connectivity index (χ2v) is 5.08. The standard InChI is InChI=1S/C14H9F3N4O/c15-14(16,17)7-3-1-4-8-10(7)13(12(22)19-8)20-9-5-2-6-18-11(9)21-13/h1-6,20H,(H,18,21)(H,19,22). The van der Waals surface area contributed by atoms with E-state index in [9.17, 15) is 18.0 Å². The number of aromatic nitrogens is 1. The van der Waals surface area contributed by atoms with Crippen molar-refractivity contribution in [2.24, 2.45) is 0 Å². The average Bonchev–Trinajstić information content (AvgIpc) is 2.97. The monoisotopic (exact) mass is 306 g/mol. The molecule has 0 saturated heterocycles. The van der Waals surface area contributed by atoms with Crippen LogP contribution in [0, 0.1) is 0 Å². The number of nitrogens with zero attached hydrogens (tertiary/aromatic N) is 1. The van der Waals surface area contributed by atoms with Crippen LogP contribution in [0.2, 0.25) is 0 Å². The Morgan fingerprint density at radius 2 is 1.82 bits per heavy atom. The largest absolute Gasteiger partial charge is 0.416 e. The van der Waals surface area contributed by atoms with Gasteiger partial charge in [-0.2, -0.15) is 13.2 Å². The zero-order chi connectivity index (χ0) is 15.5. The molecular formula is C14H9F3N4O. The van der Waals surface area contributed by atoms with Gasteiger partial charge < -0.3 is 16.0 Å². The van der Waals surface area contributed by atoms with E-state index in [-0.39, 0.29) is 11.3 Å². The van der Waals surface area contributed by atoms with E-state index < -0.39 is 23.3 Å². The van der Waals surface area contributed by atoms with Gasteiger partial charge in [0.15, 0.2) is 5.82 Å². The molecule has 1 unspecified atom stereocenters. The Bertz CT molecular complexity index is 778. The minimum absolute atomic E-state index is 0.132. The molecule has 0 radical (unpaired) electrons. The van der Waals surface area contributed by atoms with Gasteiger partial charge in [-0.05, 0) is 24.3 Å². The van der Waals surface area contributed by atoms with Crippen molar-refractivity contribution in [2.45, 2.75) is 11.8 Å². The minimum Gasteiger partial charge on any atom is -0.348 e. The second kappa shape index (κ2) is 3.90. The summed E-state index contributed by atoms with van der Waals surface area (Å²) in [7, 11) is 0. The molecule has 2 aromatic rings. The van der Waals surface area contributed by atoms with Crippen LogP contribution >= 0.6 is 0 Å². The summed E-state index contributed by atoms with van der Waals surface area (Å²) >= 11 is 0. The van der Waals surface area contributed by atoms with Gasteiger partial charge in [-0.15, -0.1) is 0 Å². The normalized spacial score (nSPS) is 21.9. The van der Waals surface area contributed by atoms with E-state index in [1.165, 1.54) is 18.3 Å². The van der Waals surface area contributed by atoms with E-state index in [0.29, 0.717) is 11.5 Å². The highest BCUT2D eigenvalue weighted by atomic mass is 19.4. The number of hydrogen-bond acceptors (Lipinski definition) is 4. The number of nitrogens with one attached hydrogen (secondary N) is 3. The van der Waals surface area contributed by atoms with Gasteiger partial charge in [0.25, 0.3) is 5.91 Å². The van der Waals surface area contributed by atoms with Gasteiger partial charge in [0.05, 0.1) is 11.3 Å². The van der Waals surface area contributed by atoms with Crippen LogP contribution in [0.15, 0.2) is 36.5 Å². The van der Waals surface area contributed by atoms with Crippen molar-refractivity contribution >= 4 is 23.1 Å². The number of benzene rings is 1. The summed E-state index contributed by atoms with van der Waals surface area (Å²) in [5, 5.41) is 8.12. The Morgan fingerprint density at radius 1 is 1.05 bits per heavy atom. The summed E-state index contributed by atoms with van der Waals surface area (Å²) in [4.78, 5) is 16.4. The second-order valence-electron chi connectivity index (χ2n) is 5.08. The Hall–Kier alpha value is -2.77. The molecule has 4 rings (SSSR count). The van der Waals surface area contributed by atoms with Gasteiger partial charge in [0.1, 0.15) is 0 Å². The van der Waals surface area contributed by atoms with Crippen LogP contribution in [-0.4, -0.2) is 10.9 Å². The first-order chi connectivity index (χ1) is 10.4. The molecule has 2 aliphatic heterocycles. The average molecular weight is 306 g/mol. The number of amides is 1. The molecule has 1 amide bonds. The summed E-state index contributed by atoms with van der Waals surface area (Å²) in [6.07, 6.45) is -3.08. The SMILES string of the molecule is O=C1Nc2cccc(C(F)(F)F)c2C12Nc1cccnc1N2. The lowest BCUT2D eigenvalue weighted by atomic mass is 9.95. The topological polar surface area (TPSA) is 66.0 Å². The zero-order valence-corrected chi connectivity index (χ0v) is 11.0. The lowest BCUT2D eigenvalue weighted by molar-refractivity contribution is -0.138. The van der Waals surface area contributed by atoms with E-state index >= 15 is 0 Å². The highest BCUT2D eigenvalue weighted by Crippen LogP contribution is 2.49. The maximum absolute atomic E-state index is 13.3. The molecule has 1 spiro atoms. The van der Waals surface area contributed by atoms with Crippen molar-refractivity contribution in [3.8, 4) is 0 Å². The van der Waals surface area contributed by atoms with Crippen molar-refractivity contribution in [3.63, 3.8) is 0 Å². The van der Waals surface area contributed by atoms with E-state index in [4.69, 9.17) is 0 Å². The fourth-order valence-electron chi connectivity index (χ4n) is 2.88. The zero-order valence-electron chi connectivity index (χ0n) is 11.0. The molecule has 3 N–H and O–H groups in total. The van der Waals surface area contributed by atoms with Crippen molar-refractivity contribution in [2.75, 3.05) is 16.0 Å². The van der Waals surface area contributed by atoms with Gasteiger partial charge in [-0.1, -0.05) is 6.07 Å². The molecule has 1 aromatic heterocycles. The fourth-order valence-corrected chi connectivity index (χ4v) is 2.88. The summed E-state index contributed by atoms with van der Waals surface area (Å²) in [5.41, 5.74) is -2.12. The third kappa shape index (κ3) is 1.54. The summed E-state index contributed by atoms with van der Waals surface area (Å²) in [6, 6.07) is 6.94. The number of halogens is 3. The predicted octanol–water partition coefficient (Wildman–Crippen LogP) is 2.74. The lowest BCUT2D eigenvalue weighted by Gasteiger charge is -2.26. The Kier molecular flexibility index (Phi) is 2.30. The maximum Gasteiger partial charge on any atom is 0.416 e. The van der Waals surface area contributed by atoms with Crippen LogP contribution in [0.25, 0.3) is 0 Å². The van der Waals surface area contributed by atoms with Crippen LogP contribution < -0.4 is 16.0 Å². The number of anilines is 3. The smallest absolute Gasteiger partial charge is 0.348 e. The summed E-state index contributed by atoms with van der Waals surface area (Å²) < 4.78 is 40.0. The van der Waals surface area contributed by atoms with Crippen LogP contribution in [0.3, 0.4) is 0 Å². The number of pyridine rings is 1. The Labute approximate surface area is 122 Å². The van der Waals surface area contributed by atoms with Crippen LogP contribution in [-0.2, 0) is 16.6 Å². The van der Waals surface area contributed by atoms with Gasteiger partial charge in [-0.3, -0.25) is 4.79 Å². The van der Waals surface area contributed by atoms with E-state index in [1.54, 1.807) is 12.1 Å². The van der Waals surface area contributed by atoms with Crippen LogP contribution in [0.4, 0.5) is 30.4 Å². The fraction of sp³-hybridized carbons (Fsp3) is 0.143. The molecule has 1 aromatic carbocycles. The van der Waals surface area contributed by atoms with Gasteiger partial charge in [-0.25, -0.2) is 4.98 Å². The quantitative estimate of drug-likeness (QED) is 0.700. The number of alkyl halides is 3. The highest BCUT2D eigenvalue weighted by molar-refractivity contribution is 6.11. The number of rotatable bonds is 0. The molecule has 0 aliphatic carbocycles. The molecule has 3 heterocycles. The molecule has 2 aliphatic rings. The van der Waals surface area contributed by atoms with Crippen molar-refractivity contribution in [3.05, 3.63) is 47.7 Å². The first-order valence-electron chi connectivity index (χ1n) is 6.45. The van der Waals surface area contributed by atoms with E-state index in [0.717, 1.165) is 6.07 Å². The molecule has 112 valence electrons. The highest BCUT2D eigenvalue weighted by Gasteiger charge is 2.55. The molecule has 0 bridgehead atoms. The third-order valence-corrected chi connectivity index (χ3v) is 3.77. The van der Waals surface area contributed by atoms with Gasteiger partial charge in [0.2, 0.25) is 5.66 Å². The maximum atomic E-state index is 13.3. The number of fused-ring (bicyclic) bond motifs is 3. The first-order valence-corrected chi connectivity index (χ1v) is 6.45. The number of hydrogen-bond donors (Lipinski definition) is 3. The van der Waals surface area contributed by atoms with Crippen LogP contribution in [0.5, 0.6) is 0 Å².